The minimum Gasteiger partial charge on any atom is -0.481 e. The fourth-order valence-corrected chi connectivity index (χ4v) is 1.18. The third kappa shape index (κ3) is 4.50. The van der Waals surface area contributed by atoms with E-state index in [-0.39, 0.29) is 18.8 Å². The minimum atomic E-state index is -0.983. The first-order valence-electron chi connectivity index (χ1n) is 5.02. The Morgan fingerprint density at radius 2 is 2.12 bits per heavy atom. The lowest BCUT2D eigenvalue weighted by atomic mass is 10.2. The monoisotopic (exact) mass is 240 g/mol. The van der Waals surface area contributed by atoms with Crippen LogP contribution in [-0.2, 0) is 4.79 Å². The molecule has 0 fully saturated rings. The SMILES string of the molecule is Cc1cc(NC(=O)NCCC(=O)O)ccc1F. The number of halogens is 1. The molecular weight excluding hydrogens is 227 g/mol. The summed E-state index contributed by atoms with van der Waals surface area (Å²) in [6, 6.07) is 3.66. The number of amides is 2. The van der Waals surface area contributed by atoms with Crippen LogP contribution in [0.3, 0.4) is 0 Å². The van der Waals surface area contributed by atoms with Crippen molar-refractivity contribution in [2.24, 2.45) is 0 Å². The largest absolute Gasteiger partial charge is 0.481 e. The molecule has 0 aromatic heterocycles. The molecule has 0 radical (unpaired) electrons. The maximum absolute atomic E-state index is 12.9. The Labute approximate surface area is 97.6 Å². The van der Waals surface area contributed by atoms with E-state index >= 15 is 0 Å². The van der Waals surface area contributed by atoms with Gasteiger partial charge in [0.15, 0.2) is 0 Å². The van der Waals surface area contributed by atoms with Crippen molar-refractivity contribution in [2.45, 2.75) is 13.3 Å². The Morgan fingerprint density at radius 1 is 1.41 bits per heavy atom. The number of aliphatic carboxylic acids is 1. The van der Waals surface area contributed by atoms with Gasteiger partial charge in [-0.3, -0.25) is 4.79 Å². The highest BCUT2D eigenvalue weighted by Crippen LogP contribution is 2.13. The van der Waals surface area contributed by atoms with Crippen LogP contribution in [0.2, 0.25) is 0 Å². The molecule has 3 N–H and O–H groups in total. The summed E-state index contributed by atoms with van der Waals surface area (Å²) in [5, 5.41) is 13.2. The summed E-state index contributed by atoms with van der Waals surface area (Å²) in [5.74, 6) is -1.33. The summed E-state index contributed by atoms with van der Waals surface area (Å²) >= 11 is 0. The molecule has 92 valence electrons. The number of carboxylic acid groups (broad SMARTS) is 1. The molecule has 5 nitrogen and oxygen atoms in total. The molecule has 0 aliphatic heterocycles. The van der Waals surface area contributed by atoms with E-state index in [1.165, 1.54) is 18.2 Å². The fourth-order valence-electron chi connectivity index (χ4n) is 1.18. The van der Waals surface area contributed by atoms with Crippen LogP contribution in [0.5, 0.6) is 0 Å². The normalized spacial score (nSPS) is 9.76. The number of carboxylic acids is 1. The van der Waals surface area contributed by atoms with Gasteiger partial charge in [-0.25, -0.2) is 9.18 Å². The van der Waals surface area contributed by atoms with Crippen molar-refractivity contribution < 1.29 is 19.1 Å². The van der Waals surface area contributed by atoms with E-state index in [0.717, 1.165) is 0 Å². The van der Waals surface area contributed by atoms with E-state index in [0.29, 0.717) is 11.3 Å². The molecule has 0 bridgehead atoms. The van der Waals surface area contributed by atoms with Gasteiger partial charge < -0.3 is 15.7 Å². The lowest BCUT2D eigenvalue weighted by Gasteiger charge is -2.07. The van der Waals surface area contributed by atoms with Crippen LogP contribution in [0.15, 0.2) is 18.2 Å². The Balaban J connectivity index is 2.45. The molecule has 0 spiro atoms. The van der Waals surface area contributed by atoms with Gasteiger partial charge in [0.05, 0.1) is 6.42 Å². The number of rotatable bonds is 4. The zero-order valence-electron chi connectivity index (χ0n) is 9.29. The van der Waals surface area contributed by atoms with Crippen molar-refractivity contribution in [3.8, 4) is 0 Å². The lowest BCUT2D eigenvalue weighted by molar-refractivity contribution is -0.136. The molecular formula is C11H13FN2O3. The molecule has 0 saturated carbocycles. The van der Waals surface area contributed by atoms with Gasteiger partial charge in [-0.1, -0.05) is 0 Å². The van der Waals surface area contributed by atoms with Crippen LogP contribution in [0.4, 0.5) is 14.9 Å². The Hall–Kier alpha value is -2.11. The number of aryl methyl sites for hydroxylation is 1. The van der Waals surface area contributed by atoms with Gasteiger partial charge >= 0.3 is 12.0 Å². The van der Waals surface area contributed by atoms with Gasteiger partial charge in [0.1, 0.15) is 5.82 Å². The molecule has 1 rings (SSSR count). The fraction of sp³-hybridized carbons (Fsp3) is 0.273. The molecule has 1 aromatic carbocycles. The summed E-state index contributed by atoms with van der Waals surface area (Å²) in [5.41, 5.74) is 0.880. The van der Waals surface area contributed by atoms with Crippen LogP contribution in [0.25, 0.3) is 0 Å². The average molecular weight is 240 g/mol. The lowest BCUT2D eigenvalue weighted by Crippen LogP contribution is -2.30. The van der Waals surface area contributed by atoms with Gasteiger partial charge in [-0.2, -0.15) is 0 Å². The number of hydrogen-bond acceptors (Lipinski definition) is 2. The number of urea groups is 1. The average Bonchev–Trinajstić information content (AvgIpc) is 2.23. The van der Waals surface area contributed by atoms with E-state index in [1.54, 1.807) is 6.92 Å². The van der Waals surface area contributed by atoms with E-state index in [4.69, 9.17) is 5.11 Å². The zero-order chi connectivity index (χ0) is 12.8. The Morgan fingerprint density at radius 3 is 2.71 bits per heavy atom. The highest BCUT2D eigenvalue weighted by atomic mass is 19.1. The van der Waals surface area contributed by atoms with Gasteiger partial charge in [0, 0.05) is 12.2 Å². The first-order valence-corrected chi connectivity index (χ1v) is 5.02. The predicted molar refractivity (Wildman–Crippen MR) is 60.4 cm³/mol. The predicted octanol–water partition coefficient (Wildman–Crippen LogP) is 1.73. The molecule has 0 saturated heterocycles. The minimum absolute atomic E-state index is 0.0430. The van der Waals surface area contributed by atoms with E-state index in [1.807, 2.05) is 0 Å². The molecule has 0 unspecified atom stereocenters. The van der Waals surface area contributed by atoms with Gasteiger partial charge in [0.25, 0.3) is 0 Å². The van der Waals surface area contributed by atoms with Gasteiger partial charge in [-0.15, -0.1) is 0 Å². The van der Waals surface area contributed by atoms with Crippen LogP contribution in [-0.4, -0.2) is 23.7 Å². The Bertz CT molecular complexity index is 435. The van der Waals surface area contributed by atoms with Crippen LogP contribution < -0.4 is 10.6 Å². The summed E-state index contributed by atoms with van der Waals surface area (Å²) < 4.78 is 12.9. The smallest absolute Gasteiger partial charge is 0.319 e. The summed E-state index contributed by atoms with van der Waals surface area (Å²) in [4.78, 5) is 21.5. The second-order valence-corrected chi connectivity index (χ2v) is 3.49. The third-order valence-electron chi connectivity index (χ3n) is 2.04. The van der Waals surface area contributed by atoms with Crippen molar-refractivity contribution in [1.29, 1.82) is 0 Å². The van der Waals surface area contributed by atoms with E-state index in [9.17, 15) is 14.0 Å². The molecule has 17 heavy (non-hydrogen) atoms. The second-order valence-electron chi connectivity index (χ2n) is 3.49. The highest BCUT2D eigenvalue weighted by Gasteiger charge is 2.04. The molecule has 1 aromatic rings. The highest BCUT2D eigenvalue weighted by molar-refractivity contribution is 5.89. The van der Waals surface area contributed by atoms with Gasteiger partial charge in [0.2, 0.25) is 0 Å². The number of carbonyl (C=O) groups excluding carboxylic acids is 1. The van der Waals surface area contributed by atoms with Crippen LogP contribution in [0.1, 0.15) is 12.0 Å². The standard InChI is InChI=1S/C11H13FN2O3/c1-7-6-8(2-3-9(7)12)14-11(17)13-5-4-10(15)16/h2-3,6H,4-5H2,1H3,(H,15,16)(H2,13,14,17). The second kappa shape index (κ2) is 5.83. The summed E-state index contributed by atoms with van der Waals surface area (Å²) in [7, 11) is 0. The third-order valence-corrected chi connectivity index (χ3v) is 2.04. The maximum atomic E-state index is 12.9. The molecule has 0 heterocycles. The topological polar surface area (TPSA) is 78.4 Å². The van der Waals surface area contributed by atoms with Crippen LogP contribution >= 0.6 is 0 Å². The van der Waals surface area contributed by atoms with Gasteiger partial charge in [-0.05, 0) is 30.7 Å². The van der Waals surface area contributed by atoms with Crippen molar-refractivity contribution in [1.82, 2.24) is 5.32 Å². The van der Waals surface area contributed by atoms with E-state index < -0.39 is 12.0 Å². The molecule has 2 amide bonds. The zero-order valence-corrected chi connectivity index (χ0v) is 9.29. The van der Waals surface area contributed by atoms with Crippen LogP contribution in [0, 0.1) is 12.7 Å². The number of hydrogen-bond donors (Lipinski definition) is 3. The van der Waals surface area contributed by atoms with Crippen molar-refractivity contribution in [3.63, 3.8) is 0 Å². The molecule has 0 atom stereocenters. The quantitative estimate of drug-likeness (QED) is 0.749. The van der Waals surface area contributed by atoms with Crippen molar-refractivity contribution in [3.05, 3.63) is 29.6 Å². The first kappa shape index (κ1) is 13.0. The molecule has 6 heteroatoms. The summed E-state index contributed by atoms with van der Waals surface area (Å²) in [6.45, 7) is 1.63. The maximum Gasteiger partial charge on any atom is 0.319 e. The number of anilines is 1. The number of carbonyl (C=O) groups is 2. The van der Waals surface area contributed by atoms with Crippen molar-refractivity contribution in [2.75, 3.05) is 11.9 Å². The number of nitrogens with one attached hydrogen (secondary N) is 2. The number of benzene rings is 1. The summed E-state index contributed by atoms with van der Waals surface area (Å²) in [6.07, 6.45) is -0.143. The Kier molecular flexibility index (Phi) is 4.45. The molecule has 0 aliphatic carbocycles. The first-order chi connectivity index (χ1) is 7.99. The molecule has 0 aliphatic rings. The van der Waals surface area contributed by atoms with Crippen molar-refractivity contribution >= 4 is 17.7 Å². The van der Waals surface area contributed by atoms with E-state index in [2.05, 4.69) is 10.6 Å².